The van der Waals surface area contributed by atoms with Gasteiger partial charge in [0, 0.05) is 24.3 Å². The molecule has 0 spiro atoms. The Bertz CT molecular complexity index is 956. The fourth-order valence-electron chi connectivity index (χ4n) is 3.42. The molecule has 33 heavy (non-hydrogen) atoms. The van der Waals surface area contributed by atoms with Crippen LogP contribution in [0, 0.1) is 0 Å². The standard InChI is InChI=1S/C23H28N4O6/c1-15(28)21(23(31)26-32)25-22(30)18-4-2-16(3-5-18)17-6-8-19(9-7-17)24-20(29)14-27-10-12-33-13-11-27/h2-9,15,21,28,32H,10-14H2,1H3,(H,24,29)(H,25,30)(H,26,31)/t15-,21+/m1/s1. The Kier molecular flexibility index (Phi) is 8.50. The number of aliphatic hydroxyl groups is 1. The summed E-state index contributed by atoms with van der Waals surface area (Å²) in [5.41, 5.74) is 4.17. The average Bonchev–Trinajstić information content (AvgIpc) is 2.83. The van der Waals surface area contributed by atoms with Gasteiger partial charge in [-0.25, -0.2) is 5.48 Å². The lowest BCUT2D eigenvalue weighted by molar-refractivity contribution is -0.133. The van der Waals surface area contributed by atoms with Gasteiger partial charge in [0.25, 0.3) is 11.8 Å². The van der Waals surface area contributed by atoms with E-state index in [1.54, 1.807) is 24.3 Å². The van der Waals surface area contributed by atoms with Crippen LogP contribution in [-0.2, 0) is 14.3 Å². The Hall–Kier alpha value is -3.31. The lowest BCUT2D eigenvalue weighted by Crippen LogP contribution is -2.51. The molecule has 176 valence electrons. The molecule has 2 aromatic carbocycles. The summed E-state index contributed by atoms with van der Waals surface area (Å²) in [5, 5.41) is 23.7. The molecule has 1 aliphatic rings. The Morgan fingerprint density at radius 1 is 1.00 bits per heavy atom. The average molecular weight is 456 g/mol. The van der Waals surface area contributed by atoms with Crippen molar-refractivity contribution in [2.24, 2.45) is 0 Å². The first-order valence-electron chi connectivity index (χ1n) is 10.6. The molecule has 0 radical (unpaired) electrons. The number of hydrogen-bond donors (Lipinski definition) is 5. The van der Waals surface area contributed by atoms with Gasteiger partial charge < -0.3 is 20.5 Å². The summed E-state index contributed by atoms with van der Waals surface area (Å²) in [7, 11) is 0. The number of nitrogens with zero attached hydrogens (tertiary/aromatic N) is 1. The molecule has 3 amide bonds. The quantitative estimate of drug-likeness (QED) is 0.290. The highest BCUT2D eigenvalue weighted by molar-refractivity contribution is 5.98. The highest BCUT2D eigenvalue weighted by Crippen LogP contribution is 2.22. The molecule has 3 rings (SSSR count). The number of rotatable bonds is 8. The van der Waals surface area contributed by atoms with E-state index in [1.807, 2.05) is 29.2 Å². The van der Waals surface area contributed by atoms with E-state index in [9.17, 15) is 19.5 Å². The number of benzene rings is 2. The molecule has 10 heteroatoms. The number of hydrogen-bond acceptors (Lipinski definition) is 7. The van der Waals surface area contributed by atoms with E-state index < -0.39 is 24.0 Å². The van der Waals surface area contributed by atoms with Gasteiger partial charge in [-0.3, -0.25) is 24.5 Å². The van der Waals surface area contributed by atoms with Gasteiger partial charge in [-0.15, -0.1) is 0 Å². The molecule has 5 N–H and O–H groups in total. The molecule has 1 aliphatic heterocycles. The van der Waals surface area contributed by atoms with Crippen molar-refractivity contribution in [3.8, 4) is 11.1 Å². The van der Waals surface area contributed by atoms with Crippen LogP contribution in [0.4, 0.5) is 5.69 Å². The number of anilines is 1. The summed E-state index contributed by atoms with van der Waals surface area (Å²) in [6, 6.07) is 12.8. The number of amides is 3. The van der Waals surface area contributed by atoms with Crippen molar-refractivity contribution in [1.29, 1.82) is 0 Å². The van der Waals surface area contributed by atoms with Crippen LogP contribution in [-0.4, -0.2) is 77.9 Å². The minimum Gasteiger partial charge on any atom is -0.391 e. The summed E-state index contributed by atoms with van der Waals surface area (Å²) in [5.74, 6) is -1.55. The minimum absolute atomic E-state index is 0.0783. The van der Waals surface area contributed by atoms with Gasteiger partial charge in [0.15, 0.2) is 0 Å². The molecule has 2 aromatic rings. The van der Waals surface area contributed by atoms with E-state index in [2.05, 4.69) is 10.6 Å². The molecule has 1 fully saturated rings. The van der Waals surface area contributed by atoms with Crippen LogP contribution >= 0.6 is 0 Å². The normalized spacial score (nSPS) is 15.8. The first kappa shape index (κ1) is 24.3. The maximum Gasteiger partial charge on any atom is 0.268 e. The monoisotopic (exact) mass is 456 g/mol. The molecular weight excluding hydrogens is 428 g/mol. The van der Waals surface area contributed by atoms with Crippen molar-refractivity contribution in [1.82, 2.24) is 15.7 Å². The SMILES string of the molecule is C[C@@H](O)[C@H](NC(=O)c1ccc(-c2ccc(NC(=O)CN3CCOCC3)cc2)cc1)C(=O)NO. The van der Waals surface area contributed by atoms with Crippen LogP contribution in [0.1, 0.15) is 17.3 Å². The van der Waals surface area contributed by atoms with Crippen LogP contribution in [0.25, 0.3) is 11.1 Å². The van der Waals surface area contributed by atoms with Gasteiger partial charge >= 0.3 is 0 Å². The third kappa shape index (κ3) is 6.83. The Morgan fingerprint density at radius 3 is 2.12 bits per heavy atom. The van der Waals surface area contributed by atoms with Crippen molar-refractivity contribution in [2.75, 3.05) is 38.2 Å². The number of ether oxygens (including phenoxy) is 1. The molecule has 2 atom stereocenters. The van der Waals surface area contributed by atoms with E-state index in [-0.39, 0.29) is 5.91 Å². The molecular formula is C23H28N4O6. The maximum absolute atomic E-state index is 12.4. The predicted molar refractivity (Wildman–Crippen MR) is 121 cm³/mol. The van der Waals surface area contributed by atoms with Crippen molar-refractivity contribution >= 4 is 23.4 Å². The topological polar surface area (TPSA) is 140 Å². The smallest absolute Gasteiger partial charge is 0.268 e. The lowest BCUT2D eigenvalue weighted by Gasteiger charge is -2.25. The zero-order valence-electron chi connectivity index (χ0n) is 18.3. The van der Waals surface area contributed by atoms with Gasteiger partial charge in [-0.1, -0.05) is 24.3 Å². The summed E-state index contributed by atoms with van der Waals surface area (Å²) in [4.78, 5) is 38.2. The highest BCUT2D eigenvalue weighted by Gasteiger charge is 2.25. The van der Waals surface area contributed by atoms with Gasteiger partial charge in [0.05, 0.1) is 25.9 Å². The minimum atomic E-state index is -1.28. The van der Waals surface area contributed by atoms with Gasteiger partial charge in [-0.05, 0) is 42.3 Å². The summed E-state index contributed by atoms with van der Waals surface area (Å²) in [6.07, 6.45) is -1.19. The van der Waals surface area contributed by atoms with E-state index in [0.717, 1.165) is 24.2 Å². The highest BCUT2D eigenvalue weighted by atomic mass is 16.5. The van der Waals surface area contributed by atoms with E-state index in [0.29, 0.717) is 31.0 Å². The Labute approximate surface area is 191 Å². The molecule has 0 saturated carbocycles. The maximum atomic E-state index is 12.4. The number of carbonyl (C=O) groups excluding carboxylic acids is 3. The van der Waals surface area contributed by atoms with E-state index >= 15 is 0 Å². The molecule has 0 aliphatic carbocycles. The molecule has 0 bridgehead atoms. The predicted octanol–water partition coefficient (Wildman–Crippen LogP) is 0.609. The van der Waals surface area contributed by atoms with Crippen LogP contribution in [0.15, 0.2) is 48.5 Å². The molecule has 1 saturated heterocycles. The lowest BCUT2D eigenvalue weighted by atomic mass is 10.0. The summed E-state index contributed by atoms with van der Waals surface area (Å²) >= 11 is 0. The Morgan fingerprint density at radius 2 is 1.58 bits per heavy atom. The fraction of sp³-hybridized carbons (Fsp3) is 0.348. The third-order valence-corrected chi connectivity index (χ3v) is 5.28. The van der Waals surface area contributed by atoms with Crippen LogP contribution < -0.4 is 16.1 Å². The van der Waals surface area contributed by atoms with Crippen molar-refractivity contribution in [3.05, 3.63) is 54.1 Å². The number of carbonyl (C=O) groups is 3. The second kappa shape index (κ2) is 11.5. The van der Waals surface area contributed by atoms with E-state index in [1.165, 1.54) is 12.4 Å². The van der Waals surface area contributed by atoms with Gasteiger partial charge in [-0.2, -0.15) is 0 Å². The van der Waals surface area contributed by atoms with Crippen molar-refractivity contribution in [2.45, 2.75) is 19.1 Å². The van der Waals surface area contributed by atoms with Gasteiger partial charge in [0.2, 0.25) is 5.91 Å². The first-order valence-corrected chi connectivity index (χ1v) is 10.6. The van der Waals surface area contributed by atoms with Crippen molar-refractivity contribution < 1.29 is 29.4 Å². The van der Waals surface area contributed by atoms with Crippen molar-refractivity contribution in [3.63, 3.8) is 0 Å². The summed E-state index contributed by atoms with van der Waals surface area (Å²) in [6.45, 7) is 4.43. The largest absolute Gasteiger partial charge is 0.391 e. The zero-order valence-corrected chi connectivity index (χ0v) is 18.3. The number of hydroxylamine groups is 1. The Balaban J connectivity index is 1.58. The molecule has 0 aromatic heterocycles. The number of morpholine rings is 1. The summed E-state index contributed by atoms with van der Waals surface area (Å²) < 4.78 is 5.28. The third-order valence-electron chi connectivity index (χ3n) is 5.28. The van der Waals surface area contributed by atoms with Crippen LogP contribution in [0.5, 0.6) is 0 Å². The fourth-order valence-corrected chi connectivity index (χ4v) is 3.42. The van der Waals surface area contributed by atoms with E-state index in [4.69, 9.17) is 9.94 Å². The second-order valence-electron chi connectivity index (χ2n) is 7.76. The number of aliphatic hydroxyl groups excluding tert-OH is 1. The molecule has 1 heterocycles. The first-order chi connectivity index (χ1) is 15.9. The van der Waals surface area contributed by atoms with Crippen LogP contribution in [0.2, 0.25) is 0 Å². The zero-order chi connectivity index (χ0) is 23.8. The second-order valence-corrected chi connectivity index (χ2v) is 7.76. The number of nitrogens with one attached hydrogen (secondary N) is 3. The van der Waals surface area contributed by atoms with Gasteiger partial charge in [0.1, 0.15) is 6.04 Å². The molecule has 10 nitrogen and oxygen atoms in total. The molecule has 0 unspecified atom stereocenters. The van der Waals surface area contributed by atoms with Crippen LogP contribution in [0.3, 0.4) is 0 Å².